The topological polar surface area (TPSA) is 54.9 Å². The van der Waals surface area contributed by atoms with Gasteiger partial charge < -0.3 is 4.98 Å². The van der Waals surface area contributed by atoms with Gasteiger partial charge in [-0.2, -0.15) is 0 Å². The average Bonchev–Trinajstić information content (AvgIpc) is 3.12. The number of thiophene rings is 1. The predicted molar refractivity (Wildman–Crippen MR) is 121 cm³/mol. The molecule has 2 heterocycles. The van der Waals surface area contributed by atoms with E-state index in [-0.39, 0.29) is 5.56 Å². The van der Waals surface area contributed by atoms with Crippen LogP contribution < -0.4 is 11.2 Å². The van der Waals surface area contributed by atoms with E-state index >= 15 is 0 Å². The van der Waals surface area contributed by atoms with E-state index < -0.39 is 5.69 Å². The van der Waals surface area contributed by atoms with Crippen molar-refractivity contribution in [2.75, 3.05) is 0 Å². The summed E-state index contributed by atoms with van der Waals surface area (Å²) in [5.74, 6) is 0. The van der Waals surface area contributed by atoms with Crippen LogP contribution in [0.4, 0.5) is 0 Å². The standard InChI is InChI=1S/C22H12Cl2N2O2S/c23-14-8-4-9-15(24)19(14)18-11-16-20(29-18)21(27)26(22(28)25-16)17-10-3-6-12-5-1-2-7-13(12)17/h1-11H,(H,25,28). The molecule has 0 unspecified atom stereocenters. The van der Waals surface area contributed by atoms with E-state index in [1.807, 2.05) is 36.4 Å². The Labute approximate surface area is 178 Å². The Morgan fingerprint density at radius 3 is 2.34 bits per heavy atom. The highest BCUT2D eigenvalue weighted by Crippen LogP contribution is 2.39. The number of H-pyrrole nitrogens is 1. The molecule has 0 aliphatic carbocycles. The van der Waals surface area contributed by atoms with Crippen molar-refractivity contribution in [3.05, 3.63) is 97.6 Å². The number of rotatable bonds is 2. The van der Waals surface area contributed by atoms with E-state index in [2.05, 4.69) is 4.98 Å². The summed E-state index contributed by atoms with van der Waals surface area (Å²) in [4.78, 5) is 29.7. The Morgan fingerprint density at radius 2 is 1.55 bits per heavy atom. The van der Waals surface area contributed by atoms with Crippen LogP contribution in [0.1, 0.15) is 0 Å². The van der Waals surface area contributed by atoms with Crippen LogP contribution in [-0.4, -0.2) is 9.55 Å². The summed E-state index contributed by atoms with van der Waals surface area (Å²) in [7, 11) is 0. The number of hydrogen-bond donors (Lipinski definition) is 1. The molecule has 3 aromatic carbocycles. The fourth-order valence-electron chi connectivity index (χ4n) is 3.49. The SMILES string of the molecule is O=c1[nH]c2cc(-c3c(Cl)cccc3Cl)sc2c(=O)n1-c1cccc2ccccc12. The molecular formula is C22H12Cl2N2O2S. The van der Waals surface area contributed by atoms with E-state index in [0.717, 1.165) is 15.6 Å². The first-order valence-corrected chi connectivity index (χ1v) is 10.3. The van der Waals surface area contributed by atoms with E-state index in [9.17, 15) is 9.59 Å². The Morgan fingerprint density at radius 1 is 0.862 bits per heavy atom. The Kier molecular flexibility index (Phi) is 4.32. The summed E-state index contributed by atoms with van der Waals surface area (Å²) in [6.45, 7) is 0. The van der Waals surface area contributed by atoms with Gasteiger partial charge in [-0.25, -0.2) is 9.36 Å². The molecule has 0 bridgehead atoms. The lowest BCUT2D eigenvalue weighted by Crippen LogP contribution is -2.33. The third-order valence-corrected chi connectivity index (χ3v) is 6.56. The zero-order valence-corrected chi connectivity index (χ0v) is 17.1. The zero-order chi connectivity index (χ0) is 20.1. The highest BCUT2D eigenvalue weighted by molar-refractivity contribution is 7.22. The number of aromatic amines is 1. The normalized spacial score (nSPS) is 11.4. The maximum Gasteiger partial charge on any atom is 0.333 e. The molecule has 5 rings (SSSR count). The van der Waals surface area contributed by atoms with Crippen LogP contribution in [0.2, 0.25) is 10.0 Å². The molecule has 0 aliphatic heterocycles. The molecule has 1 N–H and O–H groups in total. The smallest absolute Gasteiger partial charge is 0.306 e. The van der Waals surface area contributed by atoms with E-state index in [0.29, 0.717) is 31.5 Å². The lowest BCUT2D eigenvalue weighted by Gasteiger charge is -2.08. The Bertz CT molecular complexity index is 1510. The molecule has 0 fully saturated rings. The van der Waals surface area contributed by atoms with Gasteiger partial charge in [0.1, 0.15) is 4.70 Å². The quantitative estimate of drug-likeness (QED) is 0.374. The second-order valence-corrected chi connectivity index (χ2v) is 8.39. The molecule has 0 saturated carbocycles. The van der Waals surface area contributed by atoms with Gasteiger partial charge >= 0.3 is 5.69 Å². The molecule has 29 heavy (non-hydrogen) atoms. The minimum absolute atomic E-state index is 0.375. The van der Waals surface area contributed by atoms with Crippen LogP contribution in [0.5, 0.6) is 0 Å². The Hall–Kier alpha value is -2.86. The van der Waals surface area contributed by atoms with Crippen molar-refractivity contribution < 1.29 is 0 Å². The average molecular weight is 439 g/mol. The fraction of sp³-hybridized carbons (Fsp3) is 0. The van der Waals surface area contributed by atoms with Crippen molar-refractivity contribution >= 4 is 55.5 Å². The van der Waals surface area contributed by atoms with Gasteiger partial charge in [0.2, 0.25) is 0 Å². The number of fused-ring (bicyclic) bond motifs is 2. The van der Waals surface area contributed by atoms with E-state index in [1.165, 1.54) is 15.9 Å². The second-order valence-electron chi connectivity index (χ2n) is 6.52. The van der Waals surface area contributed by atoms with Gasteiger partial charge in [-0.3, -0.25) is 4.79 Å². The first kappa shape index (κ1) is 18.2. The highest BCUT2D eigenvalue weighted by Gasteiger charge is 2.17. The van der Waals surface area contributed by atoms with Crippen molar-refractivity contribution in [1.82, 2.24) is 9.55 Å². The Balaban J connectivity index is 1.82. The number of aromatic nitrogens is 2. The molecule has 4 nitrogen and oxygen atoms in total. The molecule has 0 saturated heterocycles. The highest BCUT2D eigenvalue weighted by atomic mass is 35.5. The number of nitrogens with one attached hydrogen (secondary N) is 1. The van der Waals surface area contributed by atoms with Crippen molar-refractivity contribution in [2.24, 2.45) is 0 Å². The second kappa shape index (κ2) is 6.88. The van der Waals surface area contributed by atoms with Gasteiger partial charge in [0.25, 0.3) is 5.56 Å². The monoisotopic (exact) mass is 438 g/mol. The first-order chi connectivity index (χ1) is 14.0. The molecule has 0 atom stereocenters. The maximum absolute atomic E-state index is 13.3. The predicted octanol–water partition coefficient (Wildman–Crippen LogP) is 5.87. The number of hydrogen-bond acceptors (Lipinski definition) is 3. The van der Waals surface area contributed by atoms with E-state index in [1.54, 1.807) is 30.3 Å². The molecule has 0 aliphatic rings. The van der Waals surface area contributed by atoms with Crippen LogP contribution in [-0.2, 0) is 0 Å². The number of halogens is 2. The minimum Gasteiger partial charge on any atom is -0.306 e. The molecule has 2 aromatic heterocycles. The zero-order valence-electron chi connectivity index (χ0n) is 14.8. The third kappa shape index (κ3) is 2.90. The minimum atomic E-state index is -0.492. The summed E-state index contributed by atoms with van der Waals surface area (Å²) in [5.41, 5.74) is 0.788. The van der Waals surface area contributed by atoms with Crippen LogP contribution in [0.3, 0.4) is 0 Å². The summed E-state index contributed by atoms with van der Waals surface area (Å²) < 4.78 is 1.61. The summed E-state index contributed by atoms with van der Waals surface area (Å²) in [6, 6.07) is 20.2. The van der Waals surface area contributed by atoms with Crippen molar-refractivity contribution in [3.63, 3.8) is 0 Å². The molecule has 5 aromatic rings. The number of nitrogens with zero attached hydrogens (tertiary/aromatic N) is 1. The van der Waals surface area contributed by atoms with Crippen LogP contribution >= 0.6 is 34.5 Å². The van der Waals surface area contributed by atoms with Gasteiger partial charge in [0.05, 0.1) is 21.2 Å². The summed E-state index contributed by atoms with van der Waals surface area (Å²) in [5, 5.41) is 2.75. The molecular weight excluding hydrogens is 427 g/mol. The largest absolute Gasteiger partial charge is 0.333 e. The maximum atomic E-state index is 13.3. The molecule has 7 heteroatoms. The molecule has 0 amide bonds. The summed E-state index contributed by atoms with van der Waals surface area (Å²) in [6.07, 6.45) is 0. The van der Waals surface area contributed by atoms with Gasteiger partial charge in [-0.1, -0.05) is 65.7 Å². The molecule has 142 valence electrons. The fourth-order valence-corrected chi connectivity index (χ4v) is 5.32. The van der Waals surface area contributed by atoms with Crippen LogP contribution in [0.25, 0.3) is 37.1 Å². The van der Waals surface area contributed by atoms with Crippen LogP contribution in [0, 0.1) is 0 Å². The molecule has 0 radical (unpaired) electrons. The van der Waals surface area contributed by atoms with Gasteiger partial charge in [-0.15, -0.1) is 11.3 Å². The van der Waals surface area contributed by atoms with Crippen molar-refractivity contribution in [3.8, 4) is 16.1 Å². The lowest BCUT2D eigenvalue weighted by atomic mass is 10.1. The van der Waals surface area contributed by atoms with Crippen molar-refractivity contribution in [1.29, 1.82) is 0 Å². The van der Waals surface area contributed by atoms with Gasteiger partial charge in [0.15, 0.2) is 0 Å². The third-order valence-electron chi connectivity index (χ3n) is 4.79. The first-order valence-electron chi connectivity index (χ1n) is 8.76. The number of benzene rings is 3. The molecule has 0 spiro atoms. The van der Waals surface area contributed by atoms with Gasteiger partial charge in [0, 0.05) is 15.8 Å². The lowest BCUT2D eigenvalue weighted by molar-refractivity contribution is 0.911. The van der Waals surface area contributed by atoms with Gasteiger partial charge in [-0.05, 0) is 29.7 Å². The van der Waals surface area contributed by atoms with E-state index in [4.69, 9.17) is 23.2 Å². The van der Waals surface area contributed by atoms with Crippen LogP contribution in [0.15, 0.2) is 76.3 Å². The summed E-state index contributed by atoms with van der Waals surface area (Å²) >= 11 is 13.9. The van der Waals surface area contributed by atoms with Crippen molar-refractivity contribution in [2.45, 2.75) is 0 Å².